The summed E-state index contributed by atoms with van der Waals surface area (Å²) >= 11 is 5.77. The molecule has 30 heavy (non-hydrogen) atoms. The molecule has 1 aromatic carbocycles. The molecule has 0 aliphatic rings. The zero-order chi connectivity index (χ0) is 21.9. The minimum atomic E-state index is -4.86. The summed E-state index contributed by atoms with van der Waals surface area (Å²) in [7, 11) is -3.87. The Kier molecular flexibility index (Phi) is 6.32. The first kappa shape index (κ1) is 22.0. The zero-order valence-corrected chi connectivity index (χ0v) is 17.1. The van der Waals surface area contributed by atoms with Gasteiger partial charge in [-0.15, -0.1) is 0 Å². The second-order valence-electron chi connectivity index (χ2n) is 6.26. The van der Waals surface area contributed by atoms with Crippen LogP contribution in [-0.4, -0.2) is 35.3 Å². The lowest BCUT2D eigenvalue weighted by Crippen LogP contribution is -2.27. The first-order valence-corrected chi connectivity index (χ1v) is 10.7. The average molecular weight is 461 g/mol. The number of pyridine rings is 1. The highest BCUT2D eigenvalue weighted by Gasteiger charge is 2.44. The second kappa shape index (κ2) is 8.60. The van der Waals surface area contributed by atoms with Gasteiger partial charge >= 0.3 is 6.18 Å². The molecule has 0 bridgehead atoms. The van der Waals surface area contributed by atoms with E-state index in [1.165, 1.54) is 12.3 Å². The van der Waals surface area contributed by atoms with Crippen molar-refractivity contribution < 1.29 is 26.3 Å². The number of nitrogens with zero attached hydrogens (tertiary/aromatic N) is 3. The summed E-state index contributed by atoms with van der Waals surface area (Å²) in [6.07, 6.45) is -4.92. The number of aromatic nitrogens is 3. The third kappa shape index (κ3) is 5.28. The molecule has 2 aromatic heterocycles. The fraction of sp³-hybridized carbons (Fsp3) is 0.278. The molecule has 160 valence electrons. The van der Waals surface area contributed by atoms with Crippen molar-refractivity contribution in [1.29, 1.82) is 0 Å². The van der Waals surface area contributed by atoms with Crippen molar-refractivity contribution in [2.75, 3.05) is 10.5 Å². The van der Waals surface area contributed by atoms with E-state index in [0.717, 1.165) is 12.3 Å². The summed E-state index contributed by atoms with van der Waals surface area (Å²) in [6.45, 7) is 1.65. The van der Waals surface area contributed by atoms with Crippen LogP contribution in [0.4, 0.5) is 19.0 Å². The van der Waals surface area contributed by atoms with E-state index in [0.29, 0.717) is 6.42 Å². The Morgan fingerprint density at radius 2 is 1.83 bits per heavy atom. The van der Waals surface area contributed by atoms with Gasteiger partial charge in [0, 0.05) is 18.0 Å². The normalized spacial score (nSPS) is 13.2. The Morgan fingerprint density at radius 3 is 2.43 bits per heavy atom. The molecule has 0 amide bonds. The van der Waals surface area contributed by atoms with Crippen molar-refractivity contribution in [2.45, 2.75) is 25.6 Å². The van der Waals surface area contributed by atoms with Gasteiger partial charge in [-0.3, -0.25) is 9.71 Å². The summed E-state index contributed by atoms with van der Waals surface area (Å²) in [5, 5.41) is -0.0150. The Morgan fingerprint density at radius 1 is 1.17 bits per heavy atom. The molecule has 0 saturated carbocycles. The minimum absolute atomic E-state index is 0.0150. The molecule has 1 atom stereocenters. The van der Waals surface area contributed by atoms with Crippen LogP contribution in [0.15, 0.2) is 42.7 Å². The molecule has 0 aliphatic carbocycles. The molecule has 0 saturated heterocycles. The number of rotatable bonds is 7. The standard InChI is InChI=1S/C18H16ClF3N4O3S/c1-2-7-30(27,28)26-16-17(25-14-6-4-3-5-13(14)24-16)29-15(18(20,21)22)11-8-12(19)10-23-9-11/h3-6,8-10,15H,2,7H2,1H3,(H,24,26). The van der Waals surface area contributed by atoms with Crippen molar-refractivity contribution >= 4 is 38.5 Å². The van der Waals surface area contributed by atoms with E-state index in [2.05, 4.69) is 19.7 Å². The summed E-state index contributed by atoms with van der Waals surface area (Å²) < 4.78 is 73.0. The summed E-state index contributed by atoms with van der Waals surface area (Å²) in [5.74, 6) is -1.30. The highest BCUT2D eigenvalue weighted by atomic mass is 35.5. The third-order valence-corrected chi connectivity index (χ3v) is 5.48. The van der Waals surface area contributed by atoms with Gasteiger partial charge in [0.1, 0.15) is 0 Å². The Balaban J connectivity index is 2.10. The number of hydrogen-bond acceptors (Lipinski definition) is 6. The van der Waals surface area contributed by atoms with Gasteiger partial charge in [0.05, 0.1) is 21.8 Å². The van der Waals surface area contributed by atoms with E-state index in [1.54, 1.807) is 25.1 Å². The van der Waals surface area contributed by atoms with Crippen LogP contribution < -0.4 is 9.46 Å². The lowest BCUT2D eigenvalue weighted by molar-refractivity contribution is -0.198. The fourth-order valence-corrected chi connectivity index (χ4v) is 3.86. The lowest BCUT2D eigenvalue weighted by atomic mass is 10.1. The molecule has 0 fully saturated rings. The predicted octanol–water partition coefficient (Wildman–Crippen LogP) is 4.51. The topological polar surface area (TPSA) is 94.1 Å². The largest absolute Gasteiger partial charge is 0.457 e. The Bertz CT molecular complexity index is 1160. The molecule has 3 rings (SSSR count). The van der Waals surface area contributed by atoms with Crippen molar-refractivity contribution in [2.24, 2.45) is 0 Å². The maximum atomic E-state index is 13.7. The number of hydrogen-bond donors (Lipinski definition) is 1. The first-order valence-electron chi connectivity index (χ1n) is 8.70. The summed E-state index contributed by atoms with van der Waals surface area (Å²) in [5.41, 5.74) is 0.149. The van der Waals surface area contributed by atoms with Crippen molar-refractivity contribution in [1.82, 2.24) is 15.0 Å². The van der Waals surface area contributed by atoms with Crippen LogP contribution in [-0.2, 0) is 10.0 Å². The van der Waals surface area contributed by atoms with Crippen LogP contribution in [0.2, 0.25) is 5.02 Å². The highest BCUT2D eigenvalue weighted by molar-refractivity contribution is 7.92. The number of benzene rings is 1. The maximum absolute atomic E-state index is 13.7. The number of para-hydroxylation sites is 2. The van der Waals surface area contributed by atoms with Crippen LogP contribution >= 0.6 is 11.6 Å². The molecule has 0 aliphatic heterocycles. The SMILES string of the molecule is CCCS(=O)(=O)Nc1nc2ccccc2nc1OC(c1cncc(Cl)c1)C(F)(F)F. The highest BCUT2D eigenvalue weighted by Crippen LogP contribution is 2.39. The molecular formula is C18H16ClF3N4O3S. The monoisotopic (exact) mass is 460 g/mol. The number of alkyl halides is 3. The molecule has 0 radical (unpaired) electrons. The van der Waals surface area contributed by atoms with Gasteiger partial charge in [-0.25, -0.2) is 18.4 Å². The zero-order valence-electron chi connectivity index (χ0n) is 15.5. The predicted molar refractivity (Wildman–Crippen MR) is 106 cm³/mol. The molecule has 3 aromatic rings. The average Bonchev–Trinajstić information content (AvgIpc) is 2.64. The lowest BCUT2D eigenvalue weighted by Gasteiger charge is -2.22. The molecule has 0 spiro atoms. The summed E-state index contributed by atoms with van der Waals surface area (Å²) in [6, 6.07) is 7.37. The number of nitrogens with one attached hydrogen (secondary N) is 1. The number of fused-ring (bicyclic) bond motifs is 1. The van der Waals surface area contributed by atoms with E-state index in [4.69, 9.17) is 16.3 Å². The van der Waals surface area contributed by atoms with Gasteiger partial charge in [-0.2, -0.15) is 13.2 Å². The van der Waals surface area contributed by atoms with Crippen LogP contribution in [0, 0.1) is 0 Å². The van der Waals surface area contributed by atoms with E-state index in [1.807, 2.05) is 0 Å². The van der Waals surface area contributed by atoms with Gasteiger partial charge in [-0.05, 0) is 24.6 Å². The van der Waals surface area contributed by atoms with Crippen molar-refractivity contribution in [3.63, 3.8) is 0 Å². The van der Waals surface area contributed by atoms with E-state index in [-0.39, 0.29) is 27.4 Å². The molecule has 2 heterocycles. The molecule has 7 nitrogen and oxygen atoms in total. The van der Waals surface area contributed by atoms with Crippen LogP contribution in [0.3, 0.4) is 0 Å². The molecule has 1 N–H and O–H groups in total. The summed E-state index contributed by atoms with van der Waals surface area (Å²) in [4.78, 5) is 11.8. The fourth-order valence-electron chi connectivity index (χ4n) is 2.61. The Hall–Kier alpha value is -2.66. The van der Waals surface area contributed by atoms with E-state index in [9.17, 15) is 21.6 Å². The minimum Gasteiger partial charge on any atom is -0.457 e. The van der Waals surface area contributed by atoms with E-state index >= 15 is 0 Å². The Labute approximate surface area is 175 Å². The third-order valence-electron chi connectivity index (χ3n) is 3.82. The maximum Gasteiger partial charge on any atom is 0.429 e. The van der Waals surface area contributed by atoms with Gasteiger partial charge < -0.3 is 4.74 Å². The number of sulfonamides is 1. The van der Waals surface area contributed by atoms with Gasteiger partial charge in [0.2, 0.25) is 21.9 Å². The number of anilines is 1. The van der Waals surface area contributed by atoms with E-state index < -0.39 is 34.0 Å². The quantitative estimate of drug-likeness (QED) is 0.557. The van der Waals surface area contributed by atoms with Crippen LogP contribution in [0.25, 0.3) is 11.0 Å². The van der Waals surface area contributed by atoms with Crippen LogP contribution in [0.1, 0.15) is 25.0 Å². The van der Waals surface area contributed by atoms with Crippen molar-refractivity contribution in [3.8, 4) is 5.88 Å². The van der Waals surface area contributed by atoms with Crippen LogP contribution in [0.5, 0.6) is 5.88 Å². The van der Waals surface area contributed by atoms with Gasteiger partial charge in [0.15, 0.2) is 0 Å². The molecular weight excluding hydrogens is 445 g/mol. The first-order chi connectivity index (χ1) is 14.1. The second-order valence-corrected chi connectivity index (χ2v) is 8.54. The van der Waals surface area contributed by atoms with Gasteiger partial charge in [0.25, 0.3) is 5.88 Å². The number of ether oxygens (including phenoxy) is 1. The molecule has 12 heteroatoms. The number of halogens is 4. The van der Waals surface area contributed by atoms with Crippen molar-refractivity contribution in [3.05, 3.63) is 53.3 Å². The molecule has 1 unspecified atom stereocenters. The smallest absolute Gasteiger partial charge is 0.429 e. The van der Waals surface area contributed by atoms with Gasteiger partial charge in [-0.1, -0.05) is 30.7 Å².